The maximum Gasteiger partial charge on any atom is 0.302 e. The predicted molar refractivity (Wildman–Crippen MR) is 59.0 cm³/mol. The predicted octanol–water partition coefficient (Wildman–Crippen LogP) is 2.12. The molecule has 0 amide bonds. The highest BCUT2D eigenvalue weighted by molar-refractivity contribution is 5.65. The molecule has 1 rings (SSSR count). The number of hydrogen-bond donors (Lipinski definition) is 0. The van der Waals surface area contributed by atoms with Crippen LogP contribution in [0.5, 0.6) is 5.75 Å². The lowest BCUT2D eigenvalue weighted by Gasteiger charge is -2.12. The Bertz CT molecular complexity index is 331. The van der Waals surface area contributed by atoms with E-state index >= 15 is 0 Å². The molecule has 0 saturated carbocycles. The highest BCUT2D eigenvalue weighted by Gasteiger charge is 2.01. The van der Waals surface area contributed by atoms with Gasteiger partial charge in [-0.25, -0.2) is 0 Å². The molecule has 0 aliphatic carbocycles. The number of hydrogen-bond acceptors (Lipinski definition) is 4. The van der Waals surface area contributed by atoms with Gasteiger partial charge >= 0.3 is 5.97 Å². The third-order valence-electron chi connectivity index (χ3n) is 2.00. The van der Waals surface area contributed by atoms with E-state index in [2.05, 4.69) is 0 Å². The lowest BCUT2D eigenvalue weighted by atomic mass is 10.2. The minimum atomic E-state index is -0.284. The lowest BCUT2D eigenvalue weighted by Crippen LogP contribution is -2.13. The largest absolute Gasteiger partial charge is 0.465 e. The third kappa shape index (κ3) is 4.31. The summed E-state index contributed by atoms with van der Waals surface area (Å²) < 4.78 is 15.3. The van der Waals surface area contributed by atoms with E-state index in [1.165, 1.54) is 6.92 Å². The summed E-state index contributed by atoms with van der Waals surface area (Å²) in [6.45, 7) is 3.49. The molecule has 0 bridgehead atoms. The van der Waals surface area contributed by atoms with E-state index in [9.17, 15) is 4.79 Å². The normalized spacial score (nSPS) is 11.9. The Balaban J connectivity index is 2.50. The van der Waals surface area contributed by atoms with Gasteiger partial charge in [-0.2, -0.15) is 0 Å². The molecule has 0 spiro atoms. The highest BCUT2D eigenvalue weighted by atomic mass is 16.7. The molecular weight excluding hydrogens is 208 g/mol. The van der Waals surface area contributed by atoms with Gasteiger partial charge in [0.25, 0.3) is 0 Å². The molecule has 0 aliphatic heterocycles. The maximum absolute atomic E-state index is 10.6. The van der Waals surface area contributed by atoms with Gasteiger partial charge in [-0.05, 0) is 24.6 Å². The summed E-state index contributed by atoms with van der Waals surface area (Å²) in [5.74, 6) is 0.439. The van der Waals surface area contributed by atoms with Gasteiger partial charge in [0.1, 0.15) is 12.4 Å². The minimum absolute atomic E-state index is 0.278. The Morgan fingerprint density at radius 2 is 1.94 bits per heavy atom. The van der Waals surface area contributed by atoms with E-state index in [4.69, 9.17) is 14.2 Å². The van der Waals surface area contributed by atoms with Crippen molar-refractivity contribution in [2.24, 2.45) is 0 Å². The van der Waals surface area contributed by atoms with Crippen molar-refractivity contribution in [3.8, 4) is 5.75 Å². The maximum atomic E-state index is 10.6. The number of rotatable bonds is 5. The molecule has 16 heavy (non-hydrogen) atoms. The van der Waals surface area contributed by atoms with E-state index in [-0.39, 0.29) is 18.9 Å². The van der Waals surface area contributed by atoms with Crippen LogP contribution in [0.4, 0.5) is 0 Å². The van der Waals surface area contributed by atoms with Gasteiger partial charge in [-0.15, -0.1) is 0 Å². The van der Waals surface area contributed by atoms with Gasteiger partial charge in [0.15, 0.2) is 6.29 Å². The third-order valence-corrected chi connectivity index (χ3v) is 2.00. The van der Waals surface area contributed by atoms with Crippen LogP contribution in [0, 0.1) is 0 Å². The van der Waals surface area contributed by atoms with E-state index in [1.807, 2.05) is 31.2 Å². The van der Waals surface area contributed by atoms with Crippen molar-refractivity contribution >= 4 is 5.97 Å². The fraction of sp³-hybridized carbons (Fsp3) is 0.417. The van der Waals surface area contributed by atoms with Crippen molar-refractivity contribution in [1.29, 1.82) is 0 Å². The average molecular weight is 224 g/mol. The second-order valence-corrected chi connectivity index (χ2v) is 3.35. The topological polar surface area (TPSA) is 44.8 Å². The Labute approximate surface area is 95.1 Å². The standard InChI is InChI=1S/C12H16O4/c1-9(13)15-8-11-4-6-12(7-5-11)16-10(2)14-3/h4-7,10H,8H2,1-3H3. The molecule has 1 aromatic carbocycles. The zero-order valence-corrected chi connectivity index (χ0v) is 9.73. The number of benzene rings is 1. The summed E-state index contributed by atoms with van der Waals surface area (Å²) in [6, 6.07) is 7.32. The summed E-state index contributed by atoms with van der Waals surface area (Å²) in [6.07, 6.45) is -0.278. The van der Waals surface area contributed by atoms with Crippen LogP contribution >= 0.6 is 0 Å². The molecule has 4 nitrogen and oxygen atoms in total. The molecule has 0 aliphatic rings. The van der Waals surface area contributed by atoms with Crippen LogP contribution in [0.15, 0.2) is 24.3 Å². The summed E-state index contributed by atoms with van der Waals surface area (Å²) in [5, 5.41) is 0. The Kier molecular flexibility index (Phi) is 4.79. The highest BCUT2D eigenvalue weighted by Crippen LogP contribution is 2.14. The molecule has 1 atom stereocenters. The zero-order chi connectivity index (χ0) is 12.0. The first-order chi connectivity index (χ1) is 7.61. The van der Waals surface area contributed by atoms with Crippen molar-refractivity contribution in [3.63, 3.8) is 0 Å². The summed E-state index contributed by atoms with van der Waals surface area (Å²) in [5.41, 5.74) is 0.924. The zero-order valence-electron chi connectivity index (χ0n) is 9.73. The van der Waals surface area contributed by atoms with Crippen molar-refractivity contribution < 1.29 is 19.0 Å². The molecular formula is C12H16O4. The molecule has 0 heterocycles. The first-order valence-corrected chi connectivity index (χ1v) is 5.03. The Morgan fingerprint density at radius 3 is 2.44 bits per heavy atom. The number of carbonyl (C=O) groups is 1. The average Bonchev–Trinajstić information content (AvgIpc) is 2.28. The molecule has 0 N–H and O–H groups in total. The SMILES string of the molecule is COC(C)Oc1ccc(COC(C)=O)cc1. The molecule has 0 fully saturated rings. The van der Waals surface area contributed by atoms with Crippen molar-refractivity contribution in [1.82, 2.24) is 0 Å². The summed E-state index contributed by atoms with van der Waals surface area (Å²) in [7, 11) is 1.58. The van der Waals surface area contributed by atoms with Crippen LogP contribution in [-0.2, 0) is 20.9 Å². The molecule has 4 heteroatoms. The van der Waals surface area contributed by atoms with Crippen molar-refractivity contribution in [3.05, 3.63) is 29.8 Å². The van der Waals surface area contributed by atoms with Gasteiger partial charge in [0.05, 0.1) is 0 Å². The number of carbonyl (C=O) groups excluding carboxylic acids is 1. The van der Waals surface area contributed by atoms with Gasteiger partial charge in [0.2, 0.25) is 0 Å². The molecule has 1 aromatic rings. The molecule has 1 unspecified atom stereocenters. The fourth-order valence-electron chi connectivity index (χ4n) is 1.09. The van der Waals surface area contributed by atoms with E-state index < -0.39 is 0 Å². The Hall–Kier alpha value is -1.55. The second-order valence-electron chi connectivity index (χ2n) is 3.35. The number of ether oxygens (including phenoxy) is 3. The number of methoxy groups -OCH3 is 1. The van der Waals surface area contributed by atoms with Crippen LogP contribution in [0.2, 0.25) is 0 Å². The van der Waals surface area contributed by atoms with Crippen molar-refractivity contribution in [2.75, 3.05) is 7.11 Å². The summed E-state index contributed by atoms with van der Waals surface area (Å²) >= 11 is 0. The first kappa shape index (κ1) is 12.5. The Morgan fingerprint density at radius 1 is 1.31 bits per heavy atom. The molecule has 88 valence electrons. The van der Waals surface area contributed by atoms with E-state index in [0.29, 0.717) is 0 Å². The van der Waals surface area contributed by atoms with Crippen LogP contribution in [0.3, 0.4) is 0 Å². The van der Waals surface area contributed by atoms with Crippen LogP contribution in [-0.4, -0.2) is 19.4 Å². The van der Waals surface area contributed by atoms with E-state index in [0.717, 1.165) is 11.3 Å². The number of esters is 1. The summed E-state index contributed by atoms with van der Waals surface area (Å²) in [4.78, 5) is 10.6. The van der Waals surface area contributed by atoms with Gasteiger partial charge < -0.3 is 14.2 Å². The van der Waals surface area contributed by atoms with Gasteiger partial charge in [-0.1, -0.05) is 12.1 Å². The minimum Gasteiger partial charge on any atom is -0.465 e. The van der Waals surface area contributed by atoms with Crippen molar-refractivity contribution in [2.45, 2.75) is 26.7 Å². The molecule has 0 radical (unpaired) electrons. The molecule has 0 saturated heterocycles. The smallest absolute Gasteiger partial charge is 0.302 e. The van der Waals surface area contributed by atoms with E-state index in [1.54, 1.807) is 7.11 Å². The van der Waals surface area contributed by atoms with Gasteiger partial charge in [-0.3, -0.25) is 4.79 Å². The second kappa shape index (κ2) is 6.12. The molecule has 0 aromatic heterocycles. The van der Waals surface area contributed by atoms with Gasteiger partial charge in [0, 0.05) is 14.0 Å². The fourth-order valence-corrected chi connectivity index (χ4v) is 1.09. The monoisotopic (exact) mass is 224 g/mol. The van der Waals surface area contributed by atoms with Crippen LogP contribution in [0.25, 0.3) is 0 Å². The van der Waals surface area contributed by atoms with Crippen LogP contribution < -0.4 is 4.74 Å². The lowest BCUT2D eigenvalue weighted by molar-refractivity contribution is -0.142. The first-order valence-electron chi connectivity index (χ1n) is 5.03. The quantitative estimate of drug-likeness (QED) is 0.567. The van der Waals surface area contributed by atoms with Crippen LogP contribution in [0.1, 0.15) is 19.4 Å².